The van der Waals surface area contributed by atoms with Crippen LogP contribution in [0, 0.1) is 20.8 Å². The van der Waals surface area contributed by atoms with Gasteiger partial charge in [0.05, 0.1) is 0 Å². The van der Waals surface area contributed by atoms with Gasteiger partial charge in [-0.1, -0.05) is 52.7 Å². The van der Waals surface area contributed by atoms with Gasteiger partial charge in [0.25, 0.3) is 0 Å². The van der Waals surface area contributed by atoms with Gasteiger partial charge in [-0.05, 0) is 51.7 Å². The second kappa shape index (κ2) is 8.07. The fourth-order valence-corrected chi connectivity index (χ4v) is 3.76. The molecular formula is C23H26N4O2. The Morgan fingerprint density at radius 3 is 2.59 bits per heavy atom. The monoisotopic (exact) mass is 390 g/mol. The summed E-state index contributed by atoms with van der Waals surface area (Å²) in [7, 11) is 0. The van der Waals surface area contributed by atoms with Crippen LogP contribution in [-0.2, 0) is 0 Å². The first-order chi connectivity index (χ1) is 14.0. The summed E-state index contributed by atoms with van der Waals surface area (Å²) >= 11 is 0. The molecule has 2 aromatic carbocycles. The highest BCUT2D eigenvalue weighted by molar-refractivity contribution is 5.90. The summed E-state index contributed by atoms with van der Waals surface area (Å²) in [6.45, 7) is 6.76. The predicted molar refractivity (Wildman–Crippen MR) is 113 cm³/mol. The van der Waals surface area contributed by atoms with Crippen LogP contribution in [0.4, 0.5) is 10.5 Å². The third kappa shape index (κ3) is 4.16. The molecule has 2 amide bonds. The molecule has 3 aromatic rings. The SMILES string of the molecule is Cc1ccc(-c2noc(C3CCCCN3C(=O)Nc3ccc(C)cc3C)n2)cc1. The van der Waals surface area contributed by atoms with Gasteiger partial charge in [-0.25, -0.2) is 4.79 Å². The lowest BCUT2D eigenvalue weighted by molar-refractivity contribution is 0.142. The summed E-state index contributed by atoms with van der Waals surface area (Å²) in [4.78, 5) is 19.4. The van der Waals surface area contributed by atoms with Gasteiger partial charge in [0.15, 0.2) is 0 Å². The quantitative estimate of drug-likeness (QED) is 0.648. The van der Waals surface area contributed by atoms with E-state index in [-0.39, 0.29) is 12.1 Å². The Labute approximate surface area is 170 Å². The first-order valence-corrected chi connectivity index (χ1v) is 10.1. The molecular weight excluding hydrogens is 364 g/mol. The number of anilines is 1. The maximum Gasteiger partial charge on any atom is 0.322 e. The van der Waals surface area contributed by atoms with E-state index in [0.29, 0.717) is 18.3 Å². The molecule has 6 heteroatoms. The van der Waals surface area contributed by atoms with Crippen molar-refractivity contribution in [3.8, 4) is 11.4 Å². The normalized spacial score (nSPS) is 16.7. The number of carbonyl (C=O) groups excluding carboxylic acids is 1. The van der Waals surface area contributed by atoms with Gasteiger partial charge >= 0.3 is 6.03 Å². The summed E-state index contributed by atoms with van der Waals surface area (Å²) in [5.74, 6) is 1.05. The number of rotatable bonds is 3. The maximum absolute atomic E-state index is 13.0. The summed E-state index contributed by atoms with van der Waals surface area (Å²) in [5.41, 5.74) is 5.14. The molecule has 1 N–H and O–H groups in total. The Hall–Kier alpha value is -3.15. The maximum atomic E-state index is 13.0. The van der Waals surface area contributed by atoms with Crippen LogP contribution in [0.1, 0.15) is 47.9 Å². The lowest BCUT2D eigenvalue weighted by Crippen LogP contribution is -2.41. The van der Waals surface area contributed by atoms with Gasteiger partial charge in [0, 0.05) is 17.8 Å². The number of aromatic nitrogens is 2. The molecule has 150 valence electrons. The molecule has 1 atom stereocenters. The van der Waals surface area contributed by atoms with Crippen LogP contribution >= 0.6 is 0 Å². The number of amides is 2. The van der Waals surface area contributed by atoms with Crippen molar-refractivity contribution in [3.63, 3.8) is 0 Å². The van der Waals surface area contributed by atoms with E-state index >= 15 is 0 Å². The first-order valence-electron chi connectivity index (χ1n) is 10.1. The Morgan fingerprint density at radius 2 is 1.83 bits per heavy atom. The lowest BCUT2D eigenvalue weighted by atomic mass is 10.0. The van der Waals surface area contributed by atoms with Gasteiger partial charge in [-0.3, -0.25) is 0 Å². The number of nitrogens with one attached hydrogen (secondary N) is 1. The second-order valence-corrected chi connectivity index (χ2v) is 7.78. The fraction of sp³-hybridized carbons (Fsp3) is 0.348. The van der Waals surface area contributed by atoms with E-state index in [9.17, 15) is 4.79 Å². The minimum atomic E-state index is -0.207. The van der Waals surface area contributed by atoms with Gasteiger partial charge in [0.2, 0.25) is 11.7 Å². The number of piperidine rings is 1. The predicted octanol–water partition coefficient (Wildman–Crippen LogP) is 5.42. The Bertz CT molecular complexity index is 1010. The largest absolute Gasteiger partial charge is 0.337 e. The van der Waals surface area contributed by atoms with Gasteiger partial charge in [-0.2, -0.15) is 4.98 Å². The molecule has 6 nitrogen and oxygen atoms in total. The molecule has 29 heavy (non-hydrogen) atoms. The molecule has 0 aliphatic carbocycles. The van der Waals surface area contributed by atoms with Crippen molar-refractivity contribution in [1.82, 2.24) is 15.0 Å². The number of aryl methyl sites for hydroxylation is 3. The molecule has 1 fully saturated rings. The van der Waals surface area contributed by atoms with E-state index in [1.807, 2.05) is 62.1 Å². The molecule has 0 saturated carbocycles. The average Bonchev–Trinajstić information content (AvgIpc) is 3.20. The van der Waals surface area contributed by atoms with Crippen LogP contribution in [0.5, 0.6) is 0 Å². The van der Waals surface area contributed by atoms with Crippen molar-refractivity contribution in [1.29, 1.82) is 0 Å². The number of likely N-dealkylation sites (tertiary alicyclic amines) is 1. The highest BCUT2D eigenvalue weighted by Crippen LogP contribution is 2.32. The molecule has 1 saturated heterocycles. The number of benzene rings is 2. The van der Waals surface area contributed by atoms with E-state index < -0.39 is 0 Å². The third-order valence-corrected chi connectivity index (χ3v) is 5.42. The number of nitrogens with zero attached hydrogens (tertiary/aromatic N) is 3. The summed E-state index contributed by atoms with van der Waals surface area (Å²) in [5, 5.41) is 7.20. The van der Waals surface area contributed by atoms with E-state index in [2.05, 4.69) is 21.5 Å². The molecule has 0 radical (unpaired) electrons. The van der Waals surface area contributed by atoms with Crippen molar-refractivity contribution in [3.05, 3.63) is 65.0 Å². The zero-order valence-electron chi connectivity index (χ0n) is 17.1. The van der Waals surface area contributed by atoms with E-state index in [0.717, 1.165) is 36.1 Å². The average molecular weight is 390 g/mol. The van der Waals surface area contributed by atoms with Gasteiger partial charge < -0.3 is 14.7 Å². The molecule has 1 aliphatic heterocycles. The third-order valence-electron chi connectivity index (χ3n) is 5.42. The number of urea groups is 1. The van der Waals surface area contributed by atoms with Crippen molar-refractivity contribution >= 4 is 11.7 Å². The van der Waals surface area contributed by atoms with E-state index in [1.54, 1.807) is 0 Å². The van der Waals surface area contributed by atoms with Crippen LogP contribution in [0.15, 0.2) is 47.0 Å². The number of carbonyl (C=O) groups is 1. The minimum absolute atomic E-state index is 0.128. The number of hydrogen-bond acceptors (Lipinski definition) is 4. The van der Waals surface area contributed by atoms with Crippen LogP contribution in [0.3, 0.4) is 0 Å². The second-order valence-electron chi connectivity index (χ2n) is 7.78. The highest BCUT2D eigenvalue weighted by Gasteiger charge is 2.32. The van der Waals surface area contributed by atoms with E-state index in [4.69, 9.17) is 4.52 Å². The highest BCUT2D eigenvalue weighted by atomic mass is 16.5. The molecule has 1 aliphatic rings. The topological polar surface area (TPSA) is 71.3 Å². The van der Waals surface area contributed by atoms with Crippen LogP contribution in [0.2, 0.25) is 0 Å². The molecule has 2 heterocycles. The van der Waals surface area contributed by atoms with Crippen molar-refractivity contribution in [2.45, 2.75) is 46.1 Å². The summed E-state index contributed by atoms with van der Waals surface area (Å²) in [6.07, 6.45) is 2.81. The summed E-state index contributed by atoms with van der Waals surface area (Å²) in [6, 6.07) is 13.7. The molecule has 0 spiro atoms. The first kappa shape index (κ1) is 19.2. The Morgan fingerprint density at radius 1 is 1.07 bits per heavy atom. The molecule has 0 bridgehead atoms. The Balaban J connectivity index is 1.54. The molecule has 1 unspecified atom stereocenters. The molecule has 1 aromatic heterocycles. The van der Waals surface area contributed by atoms with Crippen molar-refractivity contribution in [2.24, 2.45) is 0 Å². The Kier molecular flexibility index (Phi) is 5.34. The van der Waals surface area contributed by atoms with Gasteiger partial charge in [0.1, 0.15) is 6.04 Å². The van der Waals surface area contributed by atoms with Gasteiger partial charge in [-0.15, -0.1) is 0 Å². The minimum Gasteiger partial charge on any atom is -0.337 e. The standard InChI is InChI=1S/C23H26N4O2/c1-15-7-10-18(11-8-15)21-25-22(29-26-21)20-6-4-5-13-27(20)23(28)24-19-12-9-16(2)14-17(19)3/h7-12,14,20H,4-6,13H2,1-3H3,(H,24,28). The van der Waals surface area contributed by atoms with Crippen molar-refractivity contribution < 1.29 is 9.32 Å². The lowest BCUT2D eigenvalue weighted by Gasteiger charge is -2.33. The zero-order valence-corrected chi connectivity index (χ0v) is 17.1. The van der Waals surface area contributed by atoms with E-state index in [1.165, 1.54) is 11.1 Å². The van der Waals surface area contributed by atoms with Crippen molar-refractivity contribution in [2.75, 3.05) is 11.9 Å². The zero-order chi connectivity index (χ0) is 20.4. The smallest absolute Gasteiger partial charge is 0.322 e. The molecule has 4 rings (SSSR count). The van der Waals surface area contributed by atoms with Crippen LogP contribution in [-0.4, -0.2) is 27.6 Å². The summed E-state index contributed by atoms with van der Waals surface area (Å²) < 4.78 is 5.58. The van der Waals surface area contributed by atoms with Crippen LogP contribution in [0.25, 0.3) is 11.4 Å². The fourth-order valence-electron chi connectivity index (χ4n) is 3.76. The number of hydrogen-bond donors (Lipinski definition) is 1. The van der Waals surface area contributed by atoms with Crippen LogP contribution < -0.4 is 5.32 Å².